The molecule has 4 rings (SSSR count). The van der Waals surface area contributed by atoms with Crippen LogP contribution in [0, 0.1) is 12.3 Å². The molecule has 2 amide bonds. The van der Waals surface area contributed by atoms with Gasteiger partial charge in [-0.15, -0.1) is 6.42 Å². The van der Waals surface area contributed by atoms with E-state index in [2.05, 4.69) is 5.32 Å². The molecule has 1 aromatic heterocycles. The van der Waals surface area contributed by atoms with E-state index in [1.165, 1.54) is 29.2 Å². The van der Waals surface area contributed by atoms with Gasteiger partial charge < -0.3 is 35.2 Å². The zero-order chi connectivity index (χ0) is 29.2. The predicted octanol–water partition coefficient (Wildman–Crippen LogP) is -1.75. The summed E-state index contributed by atoms with van der Waals surface area (Å²) in [7, 11) is 0. The number of benzene rings is 1. The number of aliphatic hydroxyl groups is 2. The van der Waals surface area contributed by atoms with Crippen LogP contribution in [0.4, 0.5) is 10.5 Å². The third-order valence-electron chi connectivity index (χ3n) is 6.83. The minimum atomic E-state index is -2.87. The maximum Gasteiger partial charge on any atom is 0.348 e. The highest BCUT2D eigenvalue weighted by molar-refractivity contribution is 6.02. The first-order valence-electron chi connectivity index (χ1n) is 12.0. The van der Waals surface area contributed by atoms with Crippen molar-refractivity contribution in [2.75, 3.05) is 24.6 Å². The van der Waals surface area contributed by atoms with Gasteiger partial charge in [0.25, 0.3) is 11.2 Å². The van der Waals surface area contributed by atoms with E-state index in [1.807, 2.05) is 10.9 Å². The summed E-state index contributed by atoms with van der Waals surface area (Å²) >= 11 is 0. The third-order valence-corrected chi connectivity index (χ3v) is 6.83. The van der Waals surface area contributed by atoms with Gasteiger partial charge in [0.1, 0.15) is 12.2 Å². The zero-order valence-corrected chi connectivity index (χ0v) is 20.9. The van der Waals surface area contributed by atoms with Crippen LogP contribution >= 0.6 is 0 Å². The van der Waals surface area contributed by atoms with Crippen LogP contribution in [-0.2, 0) is 25.5 Å². The molecule has 15 nitrogen and oxygen atoms in total. The molecule has 15 heteroatoms. The lowest BCUT2D eigenvalue weighted by atomic mass is 9.91. The normalized spacial score (nSPS) is 24.8. The van der Waals surface area contributed by atoms with Crippen LogP contribution < -0.4 is 21.5 Å². The van der Waals surface area contributed by atoms with Crippen LogP contribution in [0.15, 0.2) is 46.1 Å². The number of aliphatic hydroxyl groups excluding tert-OH is 1. The van der Waals surface area contributed by atoms with Crippen LogP contribution in [0.25, 0.3) is 0 Å². The number of aromatic nitrogens is 2. The highest BCUT2D eigenvalue weighted by Gasteiger charge is 2.57. The number of H-pyrrole nitrogens is 1. The number of carbonyl (C=O) groups is 3. The first-order chi connectivity index (χ1) is 18.9. The number of nitrogens with zero attached hydrogens (tertiary/aromatic N) is 2. The van der Waals surface area contributed by atoms with Gasteiger partial charge in [0.05, 0.1) is 6.61 Å². The Kier molecular flexibility index (Phi) is 7.80. The number of nitrogens with one attached hydrogen (secondary N) is 2. The summed E-state index contributed by atoms with van der Waals surface area (Å²) in [6.07, 6.45) is 1.20. The van der Waals surface area contributed by atoms with Crippen LogP contribution in [0.5, 0.6) is 0 Å². The van der Waals surface area contributed by atoms with Crippen molar-refractivity contribution in [1.82, 2.24) is 14.9 Å². The summed E-state index contributed by atoms with van der Waals surface area (Å²) in [5.41, 5.74) is -6.37. The van der Waals surface area contributed by atoms with Gasteiger partial charge in [-0.1, -0.05) is 18.1 Å². The smallest absolute Gasteiger partial charge is 0.348 e. The fourth-order valence-corrected chi connectivity index (χ4v) is 4.54. The van der Waals surface area contributed by atoms with Crippen molar-refractivity contribution in [3.8, 4) is 12.3 Å². The van der Waals surface area contributed by atoms with E-state index < -0.39 is 65.9 Å². The molecule has 0 saturated carbocycles. The van der Waals surface area contributed by atoms with Gasteiger partial charge in [-0.05, 0) is 24.1 Å². The number of hydrogen-bond donors (Lipinski definition) is 6. The number of rotatable bonds is 9. The highest BCUT2D eigenvalue weighted by atomic mass is 16.6. The lowest BCUT2D eigenvalue weighted by Crippen LogP contribution is -2.55. The molecule has 2 aliphatic rings. The highest BCUT2D eigenvalue weighted by Crippen LogP contribution is 2.37. The molecule has 3 heterocycles. The molecule has 4 atom stereocenters. The van der Waals surface area contributed by atoms with E-state index in [4.69, 9.17) is 15.9 Å². The summed E-state index contributed by atoms with van der Waals surface area (Å²) in [5, 5.41) is 44.1. The number of carboxylic acids is 2. The topological polar surface area (TPSA) is 221 Å². The van der Waals surface area contributed by atoms with E-state index in [0.29, 0.717) is 18.8 Å². The Morgan fingerprint density at radius 1 is 1.18 bits per heavy atom. The summed E-state index contributed by atoms with van der Waals surface area (Å²) in [5.74, 6) is -1.79. The molecular weight excluding hydrogens is 532 g/mol. The molecular formula is C25H26N4O11. The number of amides is 2. The number of carbonyl (C=O) groups excluding carboxylic acids is 1. The fourth-order valence-electron chi connectivity index (χ4n) is 4.54. The van der Waals surface area contributed by atoms with Crippen LogP contribution in [0.1, 0.15) is 18.2 Å². The Morgan fingerprint density at radius 3 is 2.42 bits per heavy atom. The minimum absolute atomic E-state index is 0.239. The molecule has 212 valence electrons. The Balaban J connectivity index is 1.57. The molecule has 6 N–H and O–H groups in total. The van der Waals surface area contributed by atoms with E-state index in [1.54, 1.807) is 0 Å². The quantitative estimate of drug-likeness (QED) is 0.150. The molecule has 0 aliphatic carbocycles. The standard InChI is InChI=1S/C25H26N4O11/c1-2-24(38)16(40-19(18(24)31)29-11-8-17(30)27-23(29)37)13-39-25(20(32)33,21(34)35)12-14-4-6-15(7-5-14)28-10-3-9-26-22(28)36/h1,4-8,11,16,18-19,31,38H,3,9-10,12-13H2,(H,26,36)(H,32,33)(H,34,35)(H,27,30,37)/t16-,18+,19-,24-/m1/s1. The number of carboxylic acid groups (broad SMARTS) is 2. The number of urea groups is 1. The summed E-state index contributed by atoms with van der Waals surface area (Å²) in [6.45, 7) is 0.0976. The Bertz CT molecular complexity index is 1450. The molecule has 0 unspecified atom stereocenters. The van der Waals surface area contributed by atoms with E-state index in [9.17, 15) is 44.4 Å². The largest absolute Gasteiger partial charge is 0.479 e. The second-order valence-electron chi connectivity index (χ2n) is 9.28. The van der Waals surface area contributed by atoms with Crippen LogP contribution in [-0.4, -0.2) is 91.1 Å². The number of aliphatic carboxylic acids is 2. The SMILES string of the molecule is C#C[C@@]1(O)[C@@H](COC(Cc2ccc(N3CCCNC3=O)cc2)(C(=O)O)C(=O)O)O[C@@H](n2ccc(=O)[nH]c2=O)[C@@H]1O. The Hall–Kier alpha value is -4.49. The Morgan fingerprint density at radius 2 is 1.85 bits per heavy atom. The molecule has 0 radical (unpaired) electrons. The maximum atomic E-state index is 12.2. The lowest BCUT2D eigenvalue weighted by molar-refractivity contribution is -0.191. The van der Waals surface area contributed by atoms with Gasteiger partial charge in [-0.2, -0.15) is 0 Å². The van der Waals surface area contributed by atoms with E-state index in [-0.39, 0.29) is 11.6 Å². The lowest BCUT2D eigenvalue weighted by Gasteiger charge is -2.30. The number of hydrogen-bond acceptors (Lipinski definition) is 9. The fraction of sp³-hybridized carbons (Fsp3) is 0.400. The molecule has 0 bridgehead atoms. The van der Waals surface area contributed by atoms with Gasteiger partial charge in [0.2, 0.25) is 0 Å². The number of terminal acetylenes is 1. The summed E-state index contributed by atoms with van der Waals surface area (Å²) < 4.78 is 11.7. The van der Waals surface area contributed by atoms with Gasteiger partial charge in [-0.25, -0.2) is 19.2 Å². The van der Waals surface area contributed by atoms with Crippen molar-refractivity contribution < 1.29 is 44.3 Å². The minimum Gasteiger partial charge on any atom is -0.479 e. The van der Waals surface area contributed by atoms with Crippen LogP contribution in [0.2, 0.25) is 0 Å². The monoisotopic (exact) mass is 558 g/mol. The van der Waals surface area contributed by atoms with Crippen LogP contribution in [0.3, 0.4) is 0 Å². The second kappa shape index (κ2) is 10.9. The second-order valence-corrected chi connectivity index (χ2v) is 9.28. The van der Waals surface area contributed by atoms with E-state index >= 15 is 0 Å². The summed E-state index contributed by atoms with van der Waals surface area (Å²) in [6, 6.07) is 6.64. The summed E-state index contributed by atoms with van der Waals surface area (Å²) in [4.78, 5) is 63.6. The van der Waals surface area contributed by atoms with Crippen molar-refractivity contribution in [1.29, 1.82) is 0 Å². The van der Waals surface area contributed by atoms with Crippen molar-refractivity contribution in [2.45, 2.75) is 42.5 Å². The third kappa shape index (κ3) is 5.08. The predicted molar refractivity (Wildman–Crippen MR) is 134 cm³/mol. The van der Waals surface area contributed by atoms with Crippen molar-refractivity contribution in [3.63, 3.8) is 0 Å². The number of anilines is 1. The zero-order valence-electron chi connectivity index (χ0n) is 20.9. The molecule has 2 aromatic rings. The van der Waals surface area contributed by atoms with Gasteiger partial charge in [0, 0.05) is 37.5 Å². The molecule has 2 fully saturated rings. The number of ether oxygens (including phenoxy) is 2. The Labute approximate surface area is 225 Å². The van der Waals surface area contributed by atoms with Crippen molar-refractivity contribution >= 4 is 23.7 Å². The number of aromatic amines is 1. The van der Waals surface area contributed by atoms with Crippen molar-refractivity contribution in [3.05, 3.63) is 62.9 Å². The molecule has 2 saturated heterocycles. The van der Waals surface area contributed by atoms with Gasteiger partial charge >= 0.3 is 23.7 Å². The molecule has 0 spiro atoms. The molecule has 2 aliphatic heterocycles. The van der Waals surface area contributed by atoms with Gasteiger partial charge in [0.15, 0.2) is 11.8 Å². The van der Waals surface area contributed by atoms with Crippen molar-refractivity contribution in [2.24, 2.45) is 0 Å². The molecule has 40 heavy (non-hydrogen) atoms. The van der Waals surface area contributed by atoms with Gasteiger partial charge in [-0.3, -0.25) is 19.2 Å². The van der Waals surface area contributed by atoms with E-state index in [0.717, 1.165) is 23.3 Å². The first kappa shape index (κ1) is 28.5. The molecule has 1 aromatic carbocycles. The first-order valence-corrected chi connectivity index (χ1v) is 12.0. The average molecular weight is 559 g/mol. The maximum absolute atomic E-state index is 12.2. The average Bonchev–Trinajstić information content (AvgIpc) is 3.17.